The largest absolute Gasteiger partial charge is 0.355 e. The summed E-state index contributed by atoms with van der Waals surface area (Å²) in [6.07, 6.45) is 4.43. The van der Waals surface area contributed by atoms with Gasteiger partial charge in [-0.1, -0.05) is 12.8 Å². The van der Waals surface area contributed by atoms with Crippen LogP contribution in [0.3, 0.4) is 0 Å². The molecule has 1 aliphatic carbocycles. The quantitative estimate of drug-likeness (QED) is 0.650. The highest BCUT2D eigenvalue weighted by Gasteiger charge is 2.29. The molecular weight excluding hydrogens is 296 g/mol. The molecule has 0 unspecified atom stereocenters. The van der Waals surface area contributed by atoms with Gasteiger partial charge in [-0.15, -0.1) is 0 Å². The summed E-state index contributed by atoms with van der Waals surface area (Å²) in [5, 5.41) is 5.43. The first-order chi connectivity index (χ1) is 11.1. The molecule has 2 N–H and O–H groups in total. The maximum absolute atomic E-state index is 12.4. The standard InChI is InChI=1S/C16H28N4O3/c1-13(21)17-6-7-18-15(22)12-19-8-10-20(11-9-19)16(23)14-4-2-3-5-14/h14H,2-12H2,1H3,(H,17,21)(H,18,22). The molecule has 3 amide bonds. The fourth-order valence-electron chi connectivity index (χ4n) is 3.26. The Labute approximate surface area is 137 Å². The van der Waals surface area contributed by atoms with Crippen LogP contribution in [0.2, 0.25) is 0 Å². The molecule has 7 nitrogen and oxygen atoms in total. The summed E-state index contributed by atoms with van der Waals surface area (Å²) in [7, 11) is 0. The Hall–Kier alpha value is -1.63. The van der Waals surface area contributed by atoms with Crippen molar-refractivity contribution < 1.29 is 14.4 Å². The van der Waals surface area contributed by atoms with Gasteiger partial charge in [-0.05, 0) is 12.8 Å². The number of nitrogens with one attached hydrogen (secondary N) is 2. The molecule has 23 heavy (non-hydrogen) atoms. The van der Waals surface area contributed by atoms with E-state index in [-0.39, 0.29) is 17.7 Å². The van der Waals surface area contributed by atoms with Crippen LogP contribution in [0.15, 0.2) is 0 Å². The second kappa shape index (κ2) is 8.86. The average Bonchev–Trinajstić information content (AvgIpc) is 3.06. The monoisotopic (exact) mass is 324 g/mol. The third kappa shape index (κ3) is 5.82. The Bertz CT molecular complexity index is 427. The average molecular weight is 324 g/mol. The van der Waals surface area contributed by atoms with Crippen LogP contribution < -0.4 is 10.6 Å². The van der Waals surface area contributed by atoms with Crippen LogP contribution >= 0.6 is 0 Å². The van der Waals surface area contributed by atoms with Gasteiger partial charge in [0, 0.05) is 52.1 Å². The number of carbonyl (C=O) groups excluding carboxylic acids is 3. The maximum atomic E-state index is 12.4. The second-order valence-electron chi connectivity index (χ2n) is 6.42. The minimum Gasteiger partial charge on any atom is -0.355 e. The number of amides is 3. The molecule has 0 aromatic heterocycles. The zero-order valence-electron chi connectivity index (χ0n) is 14.0. The summed E-state index contributed by atoms with van der Waals surface area (Å²) in [4.78, 5) is 38.9. The van der Waals surface area contributed by atoms with Gasteiger partial charge in [-0.2, -0.15) is 0 Å². The molecule has 0 radical (unpaired) electrons. The molecule has 130 valence electrons. The van der Waals surface area contributed by atoms with E-state index < -0.39 is 0 Å². The van der Waals surface area contributed by atoms with Crippen molar-refractivity contribution in [2.45, 2.75) is 32.6 Å². The third-order valence-electron chi connectivity index (χ3n) is 4.58. The van der Waals surface area contributed by atoms with Crippen molar-refractivity contribution in [3.63, 3.8) is 0 Å². The van der Waals surface area contributed by atoms with Crippen LogP contribution in [0.5, 0.6) is 0 Å². The van der Waals surface area contributed by atoms with Crippen molar-refractivity contribution >= 4 is 17.7 Å². The number of nitrogens with zero attached hydrogens (tertiary/aromatic N) is 2. The highest BCUT2D eigenvalue weighted by Crippen LogP contribution is 2.26. The van der Waals surface area contributed by atoms with Gasteiger partial charge in [0.2, 0.25) is 17.7 Å². The SMILES string of the molecule is CC(=O)NCCNC(=O)CN1CCN(C(=O)C2CCCC2)CC1. The topological polar surface area (TPSA) is 81.8 Å². The van der Waals surface area contributed by atoms with Crippen molar-refractivity contribution in [1.29, 1.82) is 0 Å². The lowest BCUT2D eigenvalue weighted by Crippen LogP contribution is -2.52. The first-order valence-electron chi connectivity index (χ1n) is 8.58. The van der Waals surface area contributed by atoms with Crippen LogP contribution in [-0.2, 0) is 14.4 Å². The first kappa shape index (κ1) is 17.7. The van der Waals surface area contributed by atoms with Crippen molar-refractivity contribution in [2.24, 2.45) is 5.92 Å². The summed E-state index contributed by atoms with van der Waals surface area (Å²) in [5.41, 5.74) is 0. The van der Waals surface area contributed by atoms with Crippen molar-refractivity contribution in [3.05, 3.63) is 0 Å². The van der Waals surface area contributed by atoms with Gasteiger partial charge in [0.15, 0.2) is 0 Å². The molecular formula is C16H28N4O3. The molecule has 0 aromatic carbocycles. The van der Waals surface area contributed by atoms with Gasteiger partial charge in [-0.3, -0.25) is 19.3 Å². The minimum atomic E-state index is -0.0951. The zero-order chi connectivity index (χ0) is 16.7. The number of hydrogen-bond donors (Lipinski definition) is 2. The van der Waals surface area contributed by atoms with E-state index >= 15 is 0 Å². The number of rotatable bonds is 6. The van der Waals surface area contributed by atoms with Gasteiger partial charge < -0.3 is 15.5 Å². The number of carbonyl (C=O) groups is 3. The Morgan fingerprint density at radius 2 is 1.57 bits per heavy atom. The molecule has 0 spiro atoms. The lowest BCUT2D eigenvalue weighted by atomic mass is 10.1. The van der Waals surface area contributed by atoms with Crippen LogP contribution in [0.1, 0.15) is 32.6 Å². The molecule has 1 saturated heterocycles. The summed E-state index contributed by atoms with van der Waals surface area (Å²) in [6, 6.07) is 0. The van der Waals surface area contributed by atoms with Gasteiger partial charge in [0.05, 0.1) is 6.54 Å². The van der Waals surface area contributed by atoms with Gasteiger partial charge in [0.1, 0.15) is 0 Å². The van der Waals surface area contributed by atoms with E-state index in [1.54, 1.807) is 0 Å². The Kier molecular flexibility index (Phi) is 6.83. The first-order valence-corrected chi connectivity index (χ1v) is 8.58. The molecule has 1 heterocycles. The number of piperazine rings is 1. The smallest absolute Gasteiger partial charge is 0.234 e. The van der Waals surface area contributed by atoms with E-state index in [2.05, 4.69) is 15.5 Å². The van der Waals surface area contributed by atoms with Gasteiger partial charge in [0.25, 0.3) is 0 Å². The molecule has 0 atom stereocenters. The normalized spacial score (nSPS) is 19.6. The summed E-state index contributed by atoms with van der Waals surface area (Å²) < 4.78 is 0. The number of hydrogen-bond acceptors (Lipinski definition) is 4. The van der Waals surface area contributed by atoms with Crippen molar-refractivity contribution in [3.8, 4) is 0 Å². The van der Waals surface area contributed by atoms with Crippen molar-refractivity contribution in [1.82, 2.24) is 20.4 Å². The lowest BCUT2D eigenvalue weighted by Gasteiger charge is -2.35. The highest BCUT2D eigenvalue weighted by molar-refractivity contribution is 5.80. The molecule has 2 rings (SSSR count). The molecule has 2 aliphatic rings. The van der Waals surface area contributed by atoms with E-state index in [4.69, 9.17) is 0 Å². The van der Waals surface area contributed by atoms with E-state index in [9.17, 15) is 14.4 Å². The second-order valence-corrected chi connectivity index (χ2v) is 6.42. The van der Waals surface area contributed by atoms with E-state index in [0.29, 0.717) is 38.6 Å². The Morgan fingerprint density at radius 1 is 0.957 bits per heavy atom. The van der Waals surface area contributed by atoms with Gasteiger partial charge >= 0.3 is 0 Å². The molecule has 0 aromatic rings. The van der Waals surface area contributed by atoms with Crippen molar-refractivity contribution in [2.75, 3.05) is 45.8 Å². The van der Waals surface area contributed by atoms with Crippen LogP contribution in [0, 0.1) is 5.92 Å². The summed E-state index contributed by atoms with van der Waals surface area (Å²) in [5.74, 6) is 0.411. The fourth-order valence-corrected chi connectivity index (χ4v) is 3.26. The molecule has 2 fully saturated rings. The maximum Gasteiger partial charge on any atom is 0.234 e. The van der Waals surface area contributed by atoms with Crippen LogP contribution in [0.25, 0.3) is 0 Å². The predicted molar refractivity (Wildman–Crippen MR) is 86.7 cm³/mol. The Balaban J connectivity index is 1.61. The minimum absolute atomic E-state index is 0.0362. The Morgan fingerprint density at radius 3 is 2.17 bits per heavy atom. The molecule has 0 bridgehead atoms. The molecule has 7 heteroatoms. The highest BCUT2D eigenvalue weighted by atomic mass is 16.2. The fraction of sp³-hybridized carbons (Fsp3) is 0.812. The van der Waals surface area contributed by atoms with E-state index in [1.807, 2.05) is 4.90 Å². The lowest BCUT2D eigenvalue weighted by molar-refractivity contribution is -0.137. The third-order valence-corrected chi connectivity index (χ3v) is 4.58. The zero-order valence-corrected chi connectivity index (χ0v) is 14.0. The van der Waals surface area contributed by atoms with E-state index in [1.165, 1.54) is 19.8 Å². The van der Waals surface area contributed by atoms with Crippen LogP contribution in [-0.4, -0.2) is 73.3 Å². The molecule has 1 saturated carbocycles. The summed E-state index contributed by atoms with van der Waals surface area (Å²) >= 11 is 0. The predicted octanol–water partition coefficient (Wildman–Crippen LogP) is -0.427. The molecule has 1 aliphatic heterocycles. The summed E-state index contributed by atoms with van der Waals surface area (Å²) in [6.45, 7) is 5.63. The van der Waals surface area contributed by atoms with Crippen LogP contribution in [0.4, 0.5) is 0 Å². The van der Waals surface area contributed by atoms with Gasteiger partial charge in [-0.25, -0.2) is 0 Å². The van der Waals surface area contributed by atoms with E-state index in [0.717, 1.165) is 25.9 Å².